The lowest BCUT2D eigenvalue weighted by atomic mass is 9.97. The molecule has 0 spiro atoms. The summed E-state index contributed by atoms with van der Waals surface area (Å²) in [7, 11) is 0. The second kappa shape index (κ2) is 5.81. The average Bonchev–Trinajstić information content (AvgIpc) is 2.42. The van der Waals surface area contributed by atoms with Crippen LogP contribution in [0.3, 0.4) is 0 Å². The predicted molar refractivity (Wildman–Crippen MR) is 69.0 cm³/mol. The van der Waals surface area contributed by atoms with E-state index in [0.29, 0.717) is 44.0 Å². The molecule has 2 rings (SSSR count). The third kappa shape index (κ3) is 3.10. The summed E-state index contributed by atoms with van der Waals surface area (Å²) in [5.74, 6) is 0.424. The molecule has 2 heterocycles. The molecule has 0 amide bonds. The van der Waals surface area contributed by atoms with Crippen LogP contribution in [0.15, 0.2) is 4.79 Å². The third-order valence-electron chi connectivity index (χ3n) is 3.26. The molecule has 0 unspecified atom stereocenters. The van der Waals surface area contributed by atoms with E-state index < -0.39 is 5.69 Å². The molecule has 1 aromatic rings. The van der Waals surface area contributed by atoms with E-state index >= 15 is 0 Å². The number of hydrogen-bond acceptors (Lipinski definition) is 6. The molecule has 0 atom stereocenters. The maximum atomic E-state index is 11.6. The van der Waals surface area contributed by atoms with Crippen molar-refractivity contribution in [2.45, 2.75) is 26.7 Å². The van der Waals surface area contributed by atoms with Crippen LogP contribution in [-0.4, -0.2) is 40.8 Å². The van der Waals surface area contributed by atoms with Crippen LogP contribution in [0.2, 0.25) is 0 Å². The Morgan fingerprint density at radius 3 is 2.79 bits per heavy atom. The first kappa shape index (κ1) is 13.5. The fourth-order valence-electron chi connectivity index (χ4n) is 2.27. The maximum absolute atomic E-state index is 11.6. The number of anilines is 1. The van der Waals surface area contributed by atoms with Gasteiger partial charge in [-0.15, -0.1) is 0 Å². The third-order valence-corrected chi connectivity index (χ3v) is 3.26. The molecule has 0 aromatic carbocycles. The van der Waals surface area contributed by atoms with Crippen LogP contribution in [-0.2, 0) is 9.53 Å². The molecular weight excluding hydrogens is 248 g/mol. The molecule has 1 aliphatic heterocycles. The monoisotopic (exact) mass is 266 g/mol. The van der Waals surface area contributed by atoms with E-state index in [1.807, 2.05) is 11.8 Å². The highest BCUT2D eigenvalue weighted by Crippen LogP contribution is 2.23. The molecule has 0 saturated carbocycles. The summed E-state index contributed by atoms with van der Waals surface area (Å²) in [5.41, 5.74) is 0.238. The fourth-order valence-corrected chi connectivity index (χ4v) is 2.27. The molecule has 1 aromatic heterocycles. The van der Waals surface area contributed by atoms with Crippen LogP contribution in [0.1, 0.15) is 25.5 Å². The van der Waals surface area contributed by atoms with Crippen molar-refractivity contribution < 1.29 is 9.53 Å². The van der Waals surface area contributed by atoms with E-state index in [9.17, 15) is 9.59 Å². The summed E-state index contributed by atoms with van der Waals surface area (Å²) in [6.07, 6.45) is 1.43. The number of rotatable bonds is 3. The van der Waals surface area contributed by atoms with Gasteiger partial charge in [0.05, 0.1) is 12.5 Å². The number of carbonyl (C=O) groups is 1. The van der Waals surface area contributed by atoms with Gasteiger partial charge in [0.25, 0.3) is 0 Å². The summed E-state index contributed by atoms with van der Waals surface area (Å²) < 4.78 is 5.02. The Balaban J connectivity index is 2.02. The van der Waals surface area contributed by atoms with Gasteiger partial charge in [-0.3, -0.25) is 4.79 Å². The molecule has 0 bridgehead atoms. The molecule has 0 radical (unpaired) electrons. The van der Waals surface area contributed by atoms with Crippen molar-refractivity contribution >= 4 is 11.8 Å². The Bertz CT molecular complexity index is 506. The minimum atomic E-state index is -0.451. The number of piperidine rings is 1. The van der Waals surface area contributed by atoms with E-state index in [2.05, 4.69) is 15.2 Å². The van der Waals surface area contributed by atoms with Gasteiger partial charge >= 0.3 is 11.7 Å². The SMILES string of the molecule is CCOC(=O)C1CCN(c2nc(=O)[nH]nc2C)CC1. The molecular formula is C12H18N4O3. The maximum Gasteiger partial charge on any atom is 0.363 e. The number of carbonyl (C=O) groups excluding carboxylic acids is 1. The number of nitrogens with one attached hydrogen (secondary N) is 1. The highest BCUT2D eigenvalue weighted by Gasteiger charge is 2.27. The highest BCUT2D eigenvalue weighted by molar-refractivity contribution is 5.72. The number of aromatic nitrogens is 3. The second-order valence-electron chi connectivity index (χ2n) is 4.56. The lowest BCUT2D eigenvalue weighted by molar-refractivity contribution is -0.148. The Kier molecular flexibility index (Phi) is 4.13. The first-order chi connectivity index (χ1) is 9.11. The van der Waals surface area contributed by atoms with Gasteiger partial charge in [-0.1, -0.05) is 0 Å². The van der Waals surface area contributed by atoms with Gasteiger partial charge in [-0.05, 0) is 26.7 Å². The molecule has 7 nitrogen and oxygen atoms in total. The van der Waals surface area contributed by atoms with Gasteiger partial charge in [-0.2, -0.15) is 10.1 Å². The minimum absolute atomic E-state index is 0.0496. The quantitative estimate of drug-likeness (QED) is 0.789. The van der Waals surface area contributed by atoms with Crippen molar-refractivity contribution in [3.8, 4) is 0 Å². The van der Waals surface area contributed by atoms with Gasteiger partial charge in [0.2, 0.25) is 0 Å². The molecule has 0 aliphatic carbocycles. The van der Waals surface area contributed by atoms with E-state index in [0.717, 1.165) is 0 Å². The average molecular weight is 266 g/mol. The molecule has 1 N–H and O–H groups in total. The number of aryl methyl sites for hydroxylation is 1. The van der Waals surface area contributed by atoms with Gasteiger partial charge in [-0.25, -0.2) is 9.89 Å². The Labute approximate surface area is 111 Å². The van der Waals surface area contributed by atoms with E-state index in [1.165, 1.54) is 0 Å². The van der Waals surface area contributed by atoms with Crippen molar-refractivity contribution in [1.82, 2.24) is 15.2 Å². The van der Waals surface area contributed by atoms with E-state index in [4.69, 9.17) is 4.74 Å². The predicted octanol–water partition coefficient (Wildman–Crippen LogP) is 0.253. The zero-order valence-corrected chi connectivity index (χ0v) is 11.2. The second-order valence-corrected chi connectivity index (χ2v) is 4.56. The first-order valence-electron chi connectivity index (χ1n) is 6.46. The standard InChI is InChI=1S/C12H18N4O3/c1-3-19-11(17)9-4-6-16(7-5-9)10-8(2)14-15-12(18)13-10/h9H,3-7H2,1-2H3,(H,13,15,18). The lowest BCUT2D eigenvalue weighted by Gasteiger charge is -2.31. The lowest BCUT2D eigenvalue weighted by Crippen LogP contribution is -2.38. The number of nitrogens with zero attached hydrogens (tertiary/aromatic N) is 3. The number of ether oxygens (including phenoxy) is 1. The van der Waals surface area contributed by atoms with Gasteiger partial charge in [0.15, 0.2) is 5.82 Å². The van der Waals surface area contributed by atoms with Crippen LogP contribution < -0.4 is 10.6 Å². The summed E-state index contributed by atoms with van der Waals surface area (Å²) in [5, 5.41) is 6.21. The molecule has 19 heavy (non-hydrogen) atoms. The Hall–Kier alpha value is -1.92. The molecule has 1 saturated heterocycles. The van der Waals surface area contributed by atoms with Crippen LogP contribution >= 0.6 is 0 Å². The summed E-state index contributed by atoms with van der Waals surface area (Å²) in [6.45, 7) is 5.39. The van der Waals surface area contributed by atoms with Gasteiger partial charge in [0.1, 0.15) is 5.69 Å². The topological polar surface area (TPSA) is 88.2 Å². The number of hydrogen-bond donors (Lipinski definition) is 1. The number of aromatic amines is 1. The molecule has 1 aliphatic rings. The molecule has 7 heteroatoms. The van der Waals surface area contributed by atoms with Crippen molar-refractivity contribution in [1.29, 1.82) is 0 Å². The van der Waals surface area contributed by atoms with E-state index in [1.54, 1.807) is 6.92 Å². The highest BCUT2D eigenvalue weighted by atomic mass is 16.5. The number of esters is 1. The van der Waals surface area contributed by atoms with Crippen molar-refractivity contribution in [3.05, 3.63) is 16.2 Å². The first-order valence-corrected chi connectivity index (χ1v) is 6.46. The van der Waals surface area contributed by atoms with Gasteiger partial charge < -0.3 is 9.64 Å². The van der Waals surface area contributed by atoms with Gasteiger partial charge in [0, 0.05) is 13.1 Å². The summed E-state index contributed by atoms with van der Waals surface area (Å²) in [6, 6.07) is 0. The van der Waals surface area contributed by atoms with Crippen LogP contribution in [0.5, 0.6) is 0 Å². The Morgan fingerprint density at radius 1 is 1.47 bits per heavy atom. The fraction of sp³-hybridized carbons (Fsp3) is 0.667. The molecule has 1 fully saturated rings. The van der Waals surface area contributed by atoms with Crippen molar-refractivity contribution in [2.24, 2.45) is 5.92 Å². The minimum Gasteiger partial charge on any atom is -0.466 e. The summed E-state index contributed by atoms with van der Waals surface area (Å²) in [4.78, 5) is 28.8. The van der Waals surface area contributed by atoms with Crippen LogP contribution in [0.25, 0.3) is 0 Å². The normalized spacial score (nSPS) is 16.4. The zero-order valence-electron chi connectivity index (χ0n) is 11.2. The van der Waals surface area contributed by atoms with E-state index in [-0.39, 0.29) is 11.9 Å². The van der Waals surface area contributed by atoms with Crippen molar-refractivity contribution in [2.75, 3.05) is 24.6 Å². The Morgan fingerprint density at radius 2 is 2.16 bits per heavy atom. The largest absolute Gasteiger partial charge is 0.466 e. The zero-order chi connectivity index (χ0) is 13.8. The summed E-state index contributed by atoms with van der Waals surface area (Å²) >= 11 is 0. The smallest absolute Gasteiger partial charge is 0.363 e. The number of H-pyrrole nitrogens is 1. The molecule has 104 valence electrons. The van der Waals surface area contributed by atoms with Crippen molar-refractivity contribution in [3.63, 3.8) is 0 Å². The van der Waals surface area contributed by atoms with Crippen LogP contribution in [0.4, 0.5) is 5.82 Å². The van der Waals surface area contributed by atoms with Crippen LogP contribution in [0, 0.1) is 12.8 Å².